The predicted molar refractivity (Wildman–Crippen MR) is 176 cm³/mol. The Hall–Kier alpha value is -4.92. The van der Waals surface area contributed by atoms with E-state index >= 15 is 0 Å². The van der Waals surface area contributed by atoms with Gasteiger partial charge in [0.1, 0.15) is 5.75 Å². The van der Waals surface area contributed by atoms with E-state index in [1.54, 1.807) is 24.3 Å². The second-order valence-electron chi connectivity index (χ2n) is 12.3. The molecule has 4 aromatic rings. The number of rotatable bonds is 14. The van der Waals surface area contributed by atoms with Crippen molar-refractivity contribution in [3.8, 4) is 5.75 Å². The van der Waals surface area contributed by atoms with Crippen molar-refractivity contribution >= 4 is 11.8 Å². The van der Waals surface area contributed by atoms with Gasteiger partial charge < -0.3 is 31.3 Å². The largest absolute Gasteiger partial charge is 0.508 e. The lowest BCUT2D eigenvalue weighted by atomic mass is 10.0. The van der Waals surface area contributed by atoms with Gasteiger partial charge in [-0.1, -0.05) is 42.5 Å². The lowest BCUT2D eigenvalue weighted by Crippen LogP contribution is -2.32. The van der Waals surface area contributed by atoms with Crippen LogP contribution in [-0.2, 0) is 49.7 Å². The van der Waals surface area contributed by atoms with Gasteiger partial charge in [0.2, 0.25) is 11.8 Å². The summed E-state index contributed by atoms with van der Waals surface area (Å²) >= 11 is 0. The fourth-order valence-corrected chi connectivity index (χ4v) is 5.51. The molecule has 0 spiro atoms. The van der Waals surface area contributed by atoms with Crippen molar-refractivity contribution in [2.24, 2.45) is 5.73 Å². The van der Waals surface area contributed by atoms with Gasteiger partial charge in [0.15, 0.2) is 0 Å². The van der Waals surface area contributed by atoms with Crippen LogP contribution in [0, 0.1) is 0 Å². The van der Waals surface area contributed by atoms with Crippen LogP contribution >= 0.6 is 0 Å². The molecule has 2 atom stereocenters. The number of amides is 2. The predicted octanol–water partition coefficient (Wildman–Crippen LogP) is 6.05. The van der Waals surface area contributed by atoms with Crippen molar-refractivity contribution in [3.05, 3.63) is 135 Å². The van der Waals surface area contributed by atoms with Crippen LogP contribution in [-0.4, -0.2) is 44.6 Å². The summed E-state index contributed by atoms with van der Waals surface area (Å²) in [5.74, 6) is -1.35. The van der Waals surface area contributed by atoms with E-state index < -0.39 is 47.9 Å². The Kier molecular flexibility index (Phi) is 12.5. The minimum Gasteiger partial charge on any atom is -0.508 e. The molecule has 4 aromatic carbocycles. The SMILES string of the molecule is C[C@H](Cc1cccc(CC(=O)N(Cc2ccc(C(N)=O)cc2)Cc2cc(C(F)(F)F)cc(C(F)(F)F)c2)c1)NC[C@H](O)c1ccc(O)c(CO)c1. The first-order chi connectivity index (χ1) is 23.9. The fourth-order valence-electron chi connectivity index (χ4n) is 5.51. The van der Waals surface area contributed by atoms with E-state index in [0.717, 1.165) is 10.5 Å². The topological polar surface area (TPSA) is 136 Å². The molecule has 0 aliphatic rings. The minimum absolute atomic E-state index is 0.0285. The molecule has 14 heteroatoms. The summed E-state index contributed by atoms with van der Waals surface area (Å²) < 4.78 is 81.5. The highest BCUT2D eigenvalue weighted by Crippen LogP contribution is 2.36. The van der Waals surface area contributed by atoms with E-state index in [0.29, 0.717) is 35.2 Å². The zero-order chi connectivity index (χ0) is 37.5. The molecule has 0 aliphatic carbocycles. The molecule has 2 amide bonds. The third kappa shape index (κ3) is 11.0. The number of aliphatic hydroxyl groups excluding tert-OH is 2. The fraction of sp³-hybridized carbons (Fsp3) is 0.297. The Morgan fingerprint density at radius 1 is 0.804 bits per heavy atom. The average molecular weight is 718 g/mol. The van der Waals surface area contributed by atoms with Gasteiger partial charge >= 0.3 is 12.4 Å². The van der Waals surface area contributed by atoms with Crippen molar-refractivity contribution in [2.45, 2.75) is 64.0 Å². The number of primary amides is 1. The summed E-state index contributed by atoms with van der Waals surface area (Å²) in [6, 6.07) is 18.3. The summed E-state index contributed by atoms with van der Waals surface area (Å²) in [6.45, 7) is 0.916. The lowest BCUT2D eigenvalue weighted by Gasteiger charge is -2.25. The van der Waals surface area contributed by atoms with Crippen molar-refractivity contribution in [1.29, 1.82) is 0 Å². The Balaban J connectivity index is 1.51. The second kappa shape index (κ2) is 16.4. The number of aliphatic hydroxyl groups is 2. The normalized spacial score (nSPS) is 13.1. The van der Waals surface area contributed by atoms with Crippen LogP contribution in [0.3, 0.4) is 0 Å². The molecule has 0 saturated carbocycles. The van der Waals surface area contributed by atoms with Crippen molar-refractivity contribution < 1.29 is 51.3 Å². The molecule has 0 aliphatic heterocycles. The number of hydrogen-bond donors (Lipinski definition) is 5. The number of halogens is 6. The van der Waals surface area contributed by atoms with Crippen LogP contribution in [0.5, 0.6) is 5.75 Å². The highest BCUT2D eigenvalue weighted by molar-refractivity contribution is 5.92. The first-order valence-electron chi connectivity index (χ1n) is 15.8. The summed E-state index contributed by atoms with van der Waals surface area (Å²) in [6.07, 6.45) is -10.8. The first-order valence-corrected chi connectivity index (χ1v) is 15.8. The molecule has 0 saturated heterocycles. The second-order valence-corrected chi connectivity index (χ2v) is 12.3. The molecule has 0 fully saturated rings. The van der Waals surface area contributed by atoms with Crippen molar-refractivity contribution in [1.82, 2.24) is 10.2 Å². The number of nitrogens with zero attached hydrogens (tertiary/aromatic N) is 1. The molecule has 4 rings (SSSR count). The molecule has 8 nitrogen and oxygen atoms in total. The Morgan fingerprint density at radius 3 is 2.00 bits per heavy atom. The maximum absolute atomic E-state index is 13.7. The summed E-state index contributed by atoms with van der Waals surface area (Å²) in [7, 11) is 0. The number of carbonyl (C=O) groups excluding carboxylic acids is 2. The van der Waals surface area contributed by atoms with E-state index in [1.165, 1.54) is 36.4 Å². The van der Waals surface area contributed by atoms with Crippen LogP contribution in [0.2, 0.25) is 0 Å². The molecule has 6 N–H and O–H groups in total. The maximum atomic E-state index is 13.7. The number of carbonyl (C=O) groups is 2. The molecule has 0 heterocycles. The molecule has 0 aromatic heterocycles. The average Bonchev–Trinajstić information content (AvgIpc) is 3.06. The number of nitrogens with two attached hydrogens (primary N) is 1. The minimum atomic E-state index is -5.06. The number of phenols is 1. The van der Waals surface area contributed by atoms with E-state index in [-0.39, 0.29) is 60.7 Å². The van der Waals surface area contributed by atoms with Crippen LogP contribution in [0.15, 0.2) is 84.9 Å². The van der Waals surface area contributed by atoms with Gasteiger partial charge in [-0.05, 0) is 83.6 Å². The van der Waals surface area contributed by atoms with Crippen LogP contribution in [0.1, 0.15) is 67.9 Å². The zero-order valence-electron chi connectivity index (χ0n) is 27.4. The smallest absolute Gasteiger partial charge is 0.416 e. The van der Waals surface area contributed by atoms with Gasteiger partial charge in [-0.3, -0.25) is 9.59 Å². The standard InChI is InChI=1S/C37H37F6N3O5/c1-22(45-18-33(49)28-9-10-32(48)29(16-28)21-47)11-24-3-2-4-25(12-24)15-34(50)46(19-23-5-7-27(8-6-23)35(44)51)20-26-13-30(36(38,39)40)17-31(14-26)37(41,42)43/h2-10,12-14,16-17,22,33,45,47-49H,11,15,18-21H2,1H3,(H2,44,51)/t22-,33+/m1/s1. The van der Waals surface area contributed by atoms with Gasteiger partial charge in [-0.25, -0.2) is 0 Å². The maximum Gasteiger partial charge on any atom is 0.416 e. The number of alkyl halides is 6. The third-order valence-corrected chi connectivity index (χ3v) is 8.19. The molecule has 272 valence electrons. The number of aromatic hydroxyl groups is 1. The monoisotopic (exact) mass is 717 g/mol. The highest BCUT2D eigenvalue weighted by Gasteiger charge is 2.37. The first kappa shape index (κ1) is 38.9. The van der Waals surface area contributed by atoms with Gasteiger partial charge in [0, 0.05) is 36.8 Å². The summed E-state index contributed by atoms with van der Waals surface area (Å²) in [5, 5.41) is 33.0. The third-order valence-electron chi connectivity index (χ3n) is 8.19. The van der Waals surface area contributed by atoms with Gasteiger partial charge in [0.25, 0.3) is 0 Å². The molecule has 0 unspecified atom stereocenters. The number of nitrogens with one attached hydrogen (secondary N) is 1. The Morgan fingerprint density at radius 2 is 1.41 bits per heavy atom. The summed E-state index contributed by atoms with van der Waals surface area (Å²) in [4.78, 5) is 26.4. The Labute approximate surface area is 290 Å². The van der Waals surface area contributed by atoms with Gasteiger partial charge in [-0.15, -0.1) is 0 Å². The van der Waals surface area contributed by atoms with Gasteiger partial charge in [-0.2, -0.15) is 26.3 Å². The molecule has 0 radical (unpaired) electrons. The van der Waals surface area contributed by atoms with Crippen LogP contribution in [0.25, 0.3) is 0 Å². The van der Waals surface area contributed by atoms with E-state index in [4.69, 9.17) is 5.73 Å². The zero-order valence-corrected chi connectivity index (χ0v) is 27.4. The van der Waals surface area contributed by atoms with E-state index in [9.17, 15) is 51.3 Å². The van der Waals surface area contributed by atoms with Crippen molar-refractivity contribution in [2.75, 3.05) is 6.54 Å². The molecule has 0 bridgehead atoms. The number of benzene rings is 4. The molecular formula is C37H37F6N3O5. The molecule has 51 heavy (non-hydrogen) atoms. The van der Waals surface area contributed by atoms with Crippen LogP contribution < -0.4 is 11.1 Å². The van der Waals surface area contributed by atoms with E-state index in [1.807, 2.05) is 13.0 Å². The van der Waals surface area contributed by atoms with Gasteiger partial charge in [0.05, 0.1) is 30.3 Å². The molecular weight excluding hydrogens is 680 g/mol. The van der Waals surface area contributed by atoms with E-state index in [2.05, 4.69) is 5.32 Å². The highest BCUT2D eigenvalue weighted by atomic mass is 19.4. The Bertz CT molecular complexity index is 1800. The lowest BCUT2D eigenvalue weighted by molar-refractivity contribution is -0.143. The number of hydrogen-bond acceptors (Lipinski definition) is 6. The summed E-state index contributed by atoms with van der Waals surface area (Å²) in [5.41, 5.74) is 4.75. The van der Waals surface area contributed by atoms with Crippen molar-refractivity contribution in [3.63, 3.8) is 0 Å². The quantitative estimate of drug-likeness (QED) is 0.101. The van der Waals surface area contributed by atoms with Crippen LogP contribution in [0.4, 0.5) is 26.3 Å².